The molecule has 0 aromatic heterocycles. The fourth-order valence-electron chi connectivity index (χ4n) is 1.21. The first-order valence-corrected chi connectivity index (χ1v) is 6.45. The first-order valence-electron chi connectivity index (χ1n) is 4.96. The van der Waals surface area contributed by atoms with Crippen LogP contribution in [0.5, 0.6) is 0 Å². The van der Waals surface area contributed by atoms with Crippen LogP contribution in [0.25, 0.3) is 0 Å². The average Bonchev–Trinajstić information content (AvgIpc) is 2.28. The third-order valence-corrected chi connectivity index (χ3v) is 3.76. The van der Waals surface area contributed by atoms with Gasteiger partial charge in [0.05, 0.1) is 9.82 Å². The molecule has 1 atom stereocenters. The lowest BCUT2D eigenvalue weighted by atomic mass is 10.3. The van der Waals surface area contributed by atoms with E-state index < -0.39 is 26.7 Å². The fourth-order valence-corrected chi connectivity index (χ4v) is 2.45. The van der Waals surface area contributed by atoms with Crippen molar-refractivity contribution in [2.75, 3.05) is 5.73 Å². The van der Waals surface area contributed by atoms with Gasteiger partial charge in [0.25, 0.3) is 5.69 Å². The highest BCUT2D eigenvalue weighted by Crippen LogP contribution is 2.24. The Kier molecular flexibility index (Phi) is 4.04. The highest BCUT2D eigenvalue weighted by atomic mass is 32.2. The van der Waals surface area contributed by atoms with E-state index in [1.54, 1.807) is 6.92 Å². The first-order chi connectivity index (χ1) is 8.27. The van der Waals surface area contributed by atoms with Crippen molar-refractivity contribution in [2.45, 2.75) is 17.9 Å². The second-order valence-corrected chi connectivity index (χ2v) is 5.34. The summed E-state index contributed by atoms with van der Waals surface area (Å²) < 4.78 is 26.0. The molecule has 0 saturated carbocycles. The highest BCUT2D eigenvalue weighted by Gasteiger charge is 2.21. The summed E-state index contributed by atoms with van der Waals surface area (Å²) >= 11 is 0. The summed E-state index contributed by atoms with van der Waals surface area (Å²) in [6, 6.07) is 2.84. The van der Waals surface area contributed by atoms with Gasteiger partial charge in [-0.3, -0.25) is 10.1 Å². The van der Waals surface area contributed by atoms with Crippen molar-refractivity contribution >= 4 is 21.4 Å². The number of hydrogen-bond acceptors (Lipinski definition) is 5. The molecule has 0 radical (unpaired) electrons. The summed E-state index contributed by atoms with van der Waals surface area (Å²) in [7, 11) is -3.83. The molecule has 0 aliphatic rings. The molecule has 98 valence electrons. The van der Waals surface area contributed by atoms with Crippen LogP contribution in [0, 0.1) is 10.1 Å². The summed E-state index contributed by atoms with van der Waals surface area (Å²) in [4.78, 5) is 9.73. The third kappa shape index (κ3) is 3.05. The van der Waals surface area contributed by atoms with E-state index >= 15 is 0 Å². The van der Waals surface area contributed by atoms with Crippen molar-refractivity contribution in [3.63, 3.8) is 0 Å². The molecule has 3 N–H and O–H groups in total. The van der Waals surface area contributed by atoms with Crippen LogP contribution in [-0.4, -0.2) is 19.4 Å². The average molecular weight is 271 g/mol. The van der Waals surface area contributed by atoms with Gasteiger partial charge in [-0.25, -0.2) is 13.1 Å². The van der Waals surface area contributed by atoms with Crippen LogP contribution in [-0.2, 0) is 10.0 Å². The van der Waals surface area contributed by atoms with Crippen molar-refractivity contribution in [2.24, 2.45) is 0 Å². The van der Waals surface area contributed by atoms with Crippen molar-refractivity contribution in [3.05, 3.63) is 41.0 Å². The maximum absolute atomic E-state index is 11.9. The molecule has 0 bridgehead atoms. The number of nitro benzene ring substituents is 1. The molecular formula is C10H13N3O4S. The van der Waals surface area contributed by atoms with Crippen LogP contribution in [0.4, 0.5) is 11.4 Å². The fraction of sp³-hybridized carbons (Fsp3) is 0.200. The van der Waals surface area contributed by atoms with Gasteiger partial charge >= 0.3 is 0 Å². The van der Waals surface area contributed by atoms with E-state index in [-0.39, 0.29) is 10.6 Å². The lowest BCUT2D eigenvalue weighted by molar-refractivity contribution is -0.384. The predicted octanol–water partition coefficient (Wildman–Crippen LogP) is 1.03. The topological polar surface area (TPSA) is 115 Å². The predicted molar refractivity (Wildman–Crippen MR) is 67.5 cm³/mol. The Balaban J connectivity index is 3.22. The van der Waals surface area contributed by atoms with Gasteiger partial charge in [0, 0.05) is 12.1 Å². The summed E-state index contributed by atoms with van der Waals surface area (Å²) in [6.07, 6.45) is 1.41. The molecule has 0 spiro atoms. The Morgan fingerprint density at radius 3 is 2.67 bits per heavy atom. The van der Waals surface area contributed by atoms with Crippen LogP contribution in [0.3, 0.4) is 0 Å². The zero-order valence-electron chi connectivity index (χ0n) is 9.66. The van der Waals surface area contributed by atoms with E-state index in [0.29, 0.717) is 0 Å². The van der Waals surface area contributed by atoms with E-state index in [9.17, 15) is 18.5 Å². The van der Waals surface area contributed by atoms with Gasteiger partial charge in [-0.05, 0) is 19.1 Å². The molecule has 0 aliphatic carbocycles. The number of sulfonamides is 1. The Hall–Kier alpha value is -1.93. The van der Waals surface area contributed by atoms with Gasteiger partial charge in [0.2, 0.25) is 10.0 Å². The minimum Gasteiger partial charge on any atom is -0.393 e. The van der Waals surface area contributed by atoms with Crippen LogP contribution in [0.15, 0.2) is 35.7 Å². The number of nitrogen functional groups attached to an aromatic ring is 1. The van der Waals surface area contributed by atoms with E-state index in [4.69, 9.17) is 5.73 Å². The van der Waals surface area contributed by atoms with Crippen LogP contribution in [0.2, 0.25) is 0 Å². The monoisotopic (exact) mass is 271 g/mol. The van der Waals surface area contributed by atoms with Gasteiger partial charge in [-0.15, -0.1) is 6.58 Å². The summed E-state index contributed by atoms with van der Waals surface area (Å²) in [6.45, 7) is 5.04. The molecule has 18 heavy (non-hydrogen) atoms. The SMILES string of the molecule is C=CC(C)NS(=O)(=O)c1ccc(N)c([N+](=O)[O-])c1. The Labute approximate surface area is 105 Å². The molecule has 0 fully saturated rings. The maximum Gasteiger partial charge on any atom is 0.293 e. The Morgan fingerprint density at radius 1 is 1.56 bits per heavy atom. The number of rotatable bonds is 5. The zero-order valence-corrected chi connectivity index (χ0v) is 10.5. The molecule has 0 aliphatic heterocycles. The number of nitrogens with one attached hydrogen (secondary N) is 1. The van der Waals surface area contributed by atoms with E-state index in [0.717, 1.165) is 6.07 Å². The van der Waals surface area contributed by atoms with Gasteiger partial charge in [-0.2, -0.15) is 0 Å². The number of nitrogens with zero attached hydrogens (tertiary/aromatic N) is 1. The standard InChI is InChI=1S/C10H13N3O4S/c1-3-7(2)12-18(16,17)8-4-5-9(11)10(6-8)13(14)15/h3-7,12H,1,11H2,2H3. The lowest BCUT2D eigenvalue weighted by Crippen LogP contribution is -2.31. The van der Waals surface area contributed by atoms with Crippen LogP contribution >= 0.6 is 0 Å². The number of nitrogens with two attached hydrogens (primary N) is 1. The summed E-state index contributed by atoms with van der Waals surface area (Å²) in [5, 5.41) is 10.7. The smallest absolute Gasteiger partial charge is 0.293 e. The molecule has 0 saturated heterocycles. The molecule has 7 nitrogen and oxygen atoms in total. The van der Waals surface area contributed by atoms with Crippen molar-refractivity contribution in [3.8, 4) is 0 Å². The molecule has 1 aromatic rings. The van der Waals surface area contributed by atoms with Gasteiger partial charge < -0.3 is 5.73 Å². The summed E-state index contributed by atoms with van der Waals surface area (Å²) in [5.41, 5.74) is 4.86. The van der Waals surface area contributed by atoms with Crippen molar-refractivity contribution in [1.29, 1.82) is 0 Å². The van der Waals surface area contributed by atoms with E-state index in [1.165, 1.54) is 18.2 Å². The second-order valence-electron chi connectivity index (χ2n) is 3.62. The van der Waals surface area contributed by atoms with Gasteiger partial charge in [0.15, 0.2) is 0 Å². The zero-order chi connectivity index (χ0) is 13.9. The molecule has 1 unspecified atom stereocenters. The van der Waals surface area contributed by atoms with Crippen LogP contribution in [0.1, 0.15) is 6.92 Å². The quantitative estimate of drug-likeness (QED) is 0.359. The van der Waals surface area contributed by atoms with Gasteiger partial charge in [0.1, 0.15) is 5.69 Å². The second kappa shape index (κ2) is 5.15. The minimum atomic E-state index is -3.83. The molecule has 8 heteroatoms. The van der Waals surface area contributed by atoms with Crippen LogP contribution < -0.4 is 10.5 Å². The van der Waals surface area contributed by atoms with E-state index in [1.807, 2.05) is 0 Å². The first kappa shape index (κ1) is 14.1. The highest BCUT2D eigenvalue weighted by molar-refractivity contribution is 7.89. The van der Waals surface area contributed by atoms with Crippen molar-refractivity contribution < 1.29 is 13.3 Å². The van der Waals surface area contributed by atoms with E-state index in [2.05, 4.69) is 11.3 Å². The van der Waals surface area contributed by atoms with Gasteiger partial charge in [-0.1, -0.05) is 6.08 Å². The summed E-state index contributed by atoms with van der Waals surface area (Å²) in [5.74, 6) is 0. The normalized spacial score (nSPS) is 12.9. The number of hydrogen-bond donors (Lipinski definition) is 2. The Morgan fingerprint density at radius 2 is 2.17 bits per heavy atom. The number of nitro groups is 1. The lowest BCUT2D eigenvalue weighted by Gasteiger charge is -2.10. The number of benzene rings is 1. The largest absolute Gasteiger partial charge is 0.393 e. The molecular weight excluding hydrogens is 258 g/mol. The number of anilines is 1. The minimum absolute atomic E-state index is 0.0873. The third-order valence-electron chi connectivity index (χ3n) is 2.20. The molecule has 1 rings (SSSR count). The molecule has 1 aromatic carbocycles. The molecule has 0 amide bonds. The Bertz CT molecular complexity index is 583. The van der Waals surface area contributed by atoms with Crippen molar-refractivity contribution in [1.82, 2.24) is 4.72 Å². The molecule has 0 heterocycles. The maximum atomic E-state index is 11.9.